The first-order chi connectivity index (χ1) is 7.37. The lowest BCUT2D eigenvalue weighted by Crippen LogP contribution is -2.25. The second kappa shape index (κ2) is 5.30. The molecule has 0 aliphatic carbocycles. The van der Waals surface area contributed by atoms with Crippen molar-refractivity contribution in [1.29, 1.82) is 0 Å². The van der Waals surface area contributed by atoms with Crippen molar-refractivity contribution in [2.45, 2.75) is 52.8 Å². The molecule has 1 N–H and O–H groups in total. The summed E-state index contributed by atoms with van der Waals surface area (Å²) in [5, 5.41) is 3.33. The minimum atomic E-state index is -0.197. The van der Waals surface area contributed by atoms with Gasteiger partial charge in [-0.25, -0.2) is 4.98 Å². The van der Waals surface area contributed by atoms with Gasteiger partial charge in [0.05, 0.1) is 5.69 Å². The number of nitrogens with one attached hydrogen (secondary N) is 1. The number of hydrogen-bond acceptors (Lipinski definition) is 3. The summed E-state index contributed by atoms with van der Waals surface area (Å²) in [6, 6.07) is 6.34. The third kappa shape index (κ3) is 5.12. The van der Waals surface area contributed by atoms with Crippen molar-refractivity contribution < 1.29 is 4.74 Å². The van der Waals surface area contributed by atoms with Gasteiger partial charge in [0.15, 0.2) is 0 Å². The highest BCUT2D eigenvalue weighted by Crippen LogP contribution is 2.15. The molecule has 90 valence electrons. The maximum absolute atomic E-state index is 5.71. The van der Waals surface area contributed by atoms with Crippen molar-refractivity contribution in [2.75, 3.05) is 0 Å². The van der Waals surface area contributed by atoms with Crippen molar-refractivity contribution in [3.8, 4) is 5.88 Å². The molecule has 1 aromatic rings. The minimum Gasteiger partial charge on any atom is -0.472 e. The zero-order valence-corrected chi connectivity index (χ0v) is 10.9. The van der Waals surface area contributed by atoms with Crippen LogP contribution in [-0.2, 0) is 6.54 Å². The van der Waals surface area contributed by atoms with Gasteiger partial charge in [-0.2, -0.15) is 0 Å². The molecule has 0 saturated carbocycles. The van der Waals surface area contributed by atoms with Gasteiger partial charge in [-0.15, -0.1) is 0 Å². The minimum absolute atomic E-state index is 0.197. The summed E-state index contributed by atoms with van der Waals surface area (Å²) in [5.74, 6) is 0.690. The molecule has 1 aromatic heterocycles. The summed E-state index contributed by atoms with van der Waals surface area (Å²) < 4.78 is 5.71. The van der Waals surface area contributed by atoms with Crippen LogP contribution < -0.4 is 10.1 Å². The van der Waals surface area contributed by atoms with Crippen molar-refractivity contribution in [2.24, 2.45) is 0 Å². The topological polar surface area (TPSA) is 34.1 Å². The van der Waals surface area contributed by atoms with E-state index in [-0.39, 0.29) is 5.60 Å². The number of rotatable bonds is 4. The van der Waals surface area contributed by atoms with E-state index < -0.39 is 0 Å². The molecule has 1 heterocycles. The molecular weight excluding hydrogens is 200 g/mol. The Bertz CT molecular complexity index is 329. The molecule has 3 heteroatoms. The highest BCUT2D eigenvalue weighted by Gasteiger charge is 2.12. The second-order valence-electron chi connectivity index (χ2n) is 5.22. The molecule has 0 radical (unpaired) electrons. The molecule has 0 saturated heterocycles. The van der Waals surface area contributed by atoms with Crippen molar-refractivity contribution in [1.82, 2.24) is 10.3 Å². The van der Waals surface area contributed by atoms with E-state index in [0.29, 0.717) is 11.9 Å². The molecule has 1 rings (SSSR count). The van der Waals surface area contributed by atoms with Gasteiger partial charge >= 0.3 is 0 Å². The number of ether oxygens (including phenoxy) is 1. The van der Waals surface area contributed by atoms with Gasteiger partial charge in [0.2, 0.25) is 5.88 Å². The van der Waals surface area contributed by atoms with E-state index in [4.69, 9.17) is 4.74 Å². The standard InChI is InChI=1S/C13H22N2O/c1-10(2)14-9-11-7-6-8-12(15-11)16-13(3,4)5/h6-8,10,14H,9H2,1-5H3. The van der Waals surface area contributed by atoms with E-state index in [1.165, 1.54) is 0 Å². The van der Waals surface area contributed by atoms with Crippen LogP contribution in [0.1, 0.15) is 40.3 Å². The third-order valence-corrected chi connectivity index (χ3v) is 1.88. The Balaban J connectivity index is 2.64. The first-order valence-electron chi connectivity index (χ1n) is 5.75. The Morgan fingerprint density at radius 1 is 1.31 bits per heavy atom. The molecule has 16 heavy (non-hydrogen) atoms. The normalized spacial score (nSPS) is 11.9. The third-order valence-electron chi connectivity index (χ3n) is 1.88. The fraction of sp³-hybridized carbons (Fsp3) is 0.615. The summed E-state index contributed by atoms with van der Waals surface area (Å²) in [6.07, 6.45) is 0. The molecule has 0 spiro atoms. The number of pyridine rings is 1. The zero-order chi connectivity index (χ0) is 12.2. The highest BCUT2D eigenvalue weighted by molar-refractivity contribution is 5.16. The molecular formula is C13H22N2O. The van der Waals surface area contributed by atoms with Gasteiger partial charge in [-0.3, -0.25) is 0 Å². The lowest BCUT2D eigenvalue weighted by Gasteiger charge is -2.20. The molecule has 0 amide bonds. The largest absolute Gasteiger partial charge is 0.472 e. The average Bonchev–Trinajstić information content (AvgIpc) is 2.12. The van der Waals surface area contributed by atoms with E-state index in [9.17, 15) is 0 Å². The van der Waals surface area contributed by atoms with Crippen LogP contribution in [0.15, 0.2) is 18.2 Å². The summed E-state index contributed by atoms with van der Waals surface area (Å²) in [6.45, 7) is 11.1. The van der Waals surface area contributed by atoms with Crippen LogP contribution in [0.5, 0.6) is 5.88 Å². The Hall–Kier alpha value is -1.09. The van der Waals surface area contributed by atoms with Crippen LogP contribution in [0.4, 0.5) is 0 Å². The van der Waals surface area contributed by atoms with Gasteiger partial charge in [-0.05, 0) is 26.8 Å². The van der Waals surface area contributed by atoms with E-state index in [1.807, 2.05) is 39.0 Å². The van der Waals surface area contributed by atoms with Gasteiger partial charge in [0.1, 0.15) is 5.60 Å². The average molecular weight is 222 g/mol. The van der Waals surface area contributed by atoms with Crippen LogP contribution >= 0.6 is 0 Å². The van der Waals surface area contributed by atoms with E-state index in [1.54, 1.807) is 0 Å². The highest BCUT2D eigenvalue weighted by atomic mass is 16.5. The lowest BCUT2D eigenvalue weighted by molar-refractivity contribution is 0.123. The van der Waals surface area contributed by atoms with E-state index >= 15 is 0 Å². The number of aromatic nitrogens is 1. The van der Waals surface area contributed by atoms with Crippen molar-refractivity contribution in [3.63, 3.8) is 0 Å². The van der Waals surface area contributed by atoms with Crippen LogP contribution in [0.25, 0.3) is 0 Å². The number of nitrogens with zero attached hydrogens (tertiary/aromatic N) is 1. The lowest BCUT2D eigenvalue weighted by atomic mass is 10.2. The fourth-order valence-corrected chi connectivity index (χ4v) is 1.24. The van der Waals surface area contributed by atoms with E-state index in [0.717, 1.165) is 12.2 Å². The van der Waals surface area contributed by atoms with Crippen LogP contribution in [0.3, 0.4) is 0 Å². The van der Waals surface area contributed by atoms with Crippen LogP contribution in [-0.4, -0.2) is 16.6 Å². The Morgan fingerprint density at radius 2 is 2.00 bits per heavy atom. The Labute approximate surface area is 98.2 Å². The summed E-state index contributed by atoms with van der Waals surface area (Å²) in [7, 11) is 0. The first kappa shape index (κ1) is 13.0. The summed E-state index contributed by atoms with van der Waals surface area (Å²) >= 11 is 0. The predicted molar refractivity (Wildman–Crippen MR) is 66.6 cm³/mol. The summed E-state index contributed by atoms with van der Waals surface area (Å²) in [5.41, 5.74) is 0.812. The maximum atomic E-state index is 5.71. The van der Waals surface area contributed by atoms with Gasteiger partial charge < -0.3 is 10.1 Å². The van der Waals surface area contributed by atoms with Crippen LogP contribution in [0.2, 0.25) is 0 Å². The fourth-order valence-electron chi connectivity index (χ4n) is 1.24. The van der Waals surface area contributed by atoms with Crippen molar-refractivity contribution in [3.05, 3.63) is 23.9 Å². The second-order valence-corrected chi connectivity index (χ2v) is 5.22. The van der Waals surface area contributed by atoms with Gasteiger partial charge in [0.25, 0.3) is 0 Å². The molecule has 0 aliphatic rings. The Morgan fingerprint density at radius 3 is 2.56 bits per heavy atom. The zero-order valence-electron chi connectivity index (χ0n) is 10.9. The summed E-state index contributed by atoms with van der Waals surface area (Å²) in [4.78, 5) is 4.45. The van der Waals surface area contributed by atoms with Crippen molar-refractivity contribution >= 4 is 0 Å². The van der Waals surface area contributed by atoms with Gasteiger partial charge in [0, 0.05) is 18.7 Å². The predicted octanol–water partition coefficient (Wildman–Crippen LogP) is 2.76. The molecule has 0 bridgehead atoms. The molecule has 3 nitrogen and oxygen atoms in total. The molecule has 0 fully saturated rings. The first-order valence-corrected chi connectivity index (χ1v) is 5.75. The van der Waals surface area contributed by atoms with Gasteiger partial charge in [-0.1, -0.05) is 19.9 Å². The SMILES string of the molecule is CC(C)NCc1cccc(OC(C)(C)C)n1. The monoisotopic (exact) mass is 222 g/mol. The number of hydrogen-bond donors (Lipinski definition) is 1. The molecule has 0 aliphatic heterocycles. The molecule has 0 unspecified atom stereocenters. The maximum Gasteiger partial charge on any atom is 0.213 e. The van der Waals surface area contributed by atoms with Crippen LogP contribution in [0, 0.1) is 0 Å². The molecule has 0 atom stereocenters. The van der Waals surface area contributed by atoms with E-state index in [2.05, 4.69) is 24.1 Å². The molecule has 0 aromatic carbocycles. The smallest absolute Gasteiger partial charge is 0.213 e. The Kier molecular flexibility index (Phi) is 4.30. The quantitative estimate of drug-likeness (QED) is 0.850.